The smallest absolute Gasteiger partial charge is 0.125 e. The Morgan fingerprint density at radius 1 is 0.952 bits per heavy atom. The summed E-state index contributed by atoms with van der Waals surface area (Å²) >= 11 is 0. The second-order valence-electron chi connectivity index (χ2n) is 4.85. The summed E-state index contributed by atoms with van der Waals surface area (Å²) < 4.78 is 1.93. The van der Waals surface area contributed by atoms with Gasteiger partial charge in [0.15, 0.2) is 0 Å². The summed E-state index contributed by atoms with van der Waals surface area (Å²) in [6, 6.07) is 16.1. The molecule has 0 saturated carbocycles. The molecule has 2 aromatic heterocycles. The largest absolute Gasteiger partial charge is 0.335 e. The van der Waals surface area contributed by atoms with Gasteiger partial charge in [0.05, 0.1) is 18.9 Å². The highest BCUT2D eigenvalue weighted by molar-refractivity contribution is 5.45. The molecule has 0 radical (unpaired) electrons. The zero-order valence-electron chi connectivity index (χ0n) is 11.4. The molecule has 0 aliphatic heterocycles. The normalized spacial score (nSPS) is 13.3. The minimum atomic E-state index is -0.759. The SMILES string of the molecule is N#CC(Cn1ccnc1)(c1ccccc1)c1ccncc1. The Bertz CT molecular complexity index is 688. The number of aromatic nitrogens is 3. The van der Waals surface area contributed by atoms with E-state index in [-0.39, 0.29) is 0 Å². The molecule has 3 rings (SSSR count). The van der Waals surface area contributed by atoms with Gasteiger partial charge in [0.2, 0.25) is 0 Å². The molecular formula is C17H14N4. The highest BCUT2D eigenvalue weighted by Gasteiger charge is 2.35. The maximum atomic E-state index is 9.98. The van der Waals surface area contributed by atoms with Crippen LogP contribution in [0, 0.1) is 11.3 Å². The summed E-state index contributed by atoms with van der Waals surface area (Å²) in [7, 11) is 0. The zero-order chi connectivity index (χ0) is 14.5. The first-order chi connectivity index (χ1) is 10.3. The maximum Gasteiger partial charge on any atom is 0.125 e. The fourth-order valence-electron chi connectivity index (χ4n) is 2.53. The van der Waals surface area contributed by atoms with Gasteiger partial charge in [-0.3, -0.25) is 4.98 Å². The summed E-state index contributed by atoms with van der Waals surface area (Å²) in [5.74, 6) is 0. The van der Waals surface area contributed by atoms with Crippen LogP contribution in [0.4, 0.5) is 0 Å². The average molecular weight is 274 g/mol. The van der Waals surface area contributed by atoms with Gasteiger partial charge in [-0.05, 0) is 23.3 Å². The Labute approximate surface area is 123 Å². The molecule has 0 aliphatic carbocycles. The van der Waals surface area contributed by atoms with Crippen LogP contribution in [0.2, 0.25) is 0 Å². The monoisotopic (exact) mass is 274 g/mol. The van der Waals surface area contributed by atoms with Gasteiger partial charge in [-0.1, -0.05) is 30.3 Å². The average Bonchev–Trinajstić information content (AvgIpc) is 3.07. The van der Waals surface area contributed by atoms with Gasteiger partial charge in [-0.15, -0.1) is 0 Å². The molecule has 0 saturated heterocycles. The molecular weight excluding hydrogens is 260 g/mol. The second kappa shape index (κ2) is 5.59. The molecule has 3 aromatic rings. The molecule has 4 nitrogen and oxygen atoms in total. The quantitative estimate of drug-likeness (QED) is 0.735. The number of rotatable bonds is 4. The Morgan fingerprint density at radius 3 is 2.29 bits per heavy atom. The van der Waals surface area contributed by atoms with Crippen LogP contribution in [0.5, 0.6) is 0 Å². The summed E-state index contributed by atoms with van der Waals surface area (Å²) in [4.78, 5) is 8.12. The van der Waals surface area contributed by atoms with Gasteiger partial charge in [-0.2, -0.15) is 5.26 Å². The van der Waals surface area contributed by atoms with Crippen molar-refractivity contribution in [1.29, 1.82) is 5.26 Å². The van der Waals surface area contributed by atoms with Crippen LogP contribution >= 0.6 is 0 Å². The van der Waals surface area contributed by atoms with E-state index in [2.05, 4.69) is 16.0 Å². The lowest BCUT2D eigenvalue weighted by atomic mass is 9.76. The first kappa shape index (κ1) is 13.1. The predicted molar refractivity (Wildman–Crippen MR) is 79.3 cm³/mol. The molecule has 1 atom stereocenters. The van der Waals surface area contributed by atoms with Crippen LogP contribution in [0.25, 0.3) is 0 Å². The van der Waals surface area contributed by atoms with Crippen molar-refractivity contribution in [1.82, 2.24) is 14.5 Å². The third-order valence-electron chi connectivity index (χ3n) is 3.61. The number of benzene rings is 1. The lowest BCUT2D eigenvalue weighted by Crippen LogP contribution is -2.31. The van der Waals surface area contributed by atoms with Crippen molar-refractivity contribution in [2.45, 2.75) is 12.0 Å². The van der Waals surface area contributed by atoms with E-state index in [0.717, 1.165) is 11.1 Å². The summed E-state index contributed by atoms with van der Waals surface area (Å²) in [6.45, 7) is 0.511. The van der Waals surface area contributed by atoms with Gasteiger partial charge < -0.3 is 4.57 Å². The van der Waals surface area contributed by atoms with Crippen molar-refractivity contribution in [3.05, 3.63) is 84.7 Å². The lowest BCUT2D eigenvalue weighted by Gasteiger charge is -2.28. The van der Waals surface area contributed by atoms with Gasteiger partial charge in [0, 0.05) is 24.8 Å². The Morgan fingerprint density at radius 2 is 1.67 bits per heavy atom. The van der Waals surface area contributed by atoms with Crippen molar-refractivity contribution >= 4 is 0 Å². The number of hydrogen-bond acceptors (Lipinski definition) is 3. The zero-order valence-corrected chi connectivity index (χ0v) is 11.4. The van der Waals surface area contributed by atoms with Gasteiger partial charge >= 0.3 is 0 Å². The van der Waals surface area contributed by atoms with Crippen LogP contribution in [0.1, 0.15) is 11.1 Å². The van der Waals surface area contributed by atoms with E-state index in [1.807, 2.05) is 53.2 Å². The number of imidazole rings is 1. The minimum absolute atomic E-state index is 0.511. The number of nitrogens with zero attached hydrogens (tertiary/aromatic N) is 4. The summed E-state index contributed by atoms with van der Waals surface area (Å²) in [5.41, 5.74) is 1.14. The van der Waals surface area contributed by atoms with E-state index in [1.165, 1.54) is 0 Å². The predicted octanol–water partition coefficient (Wildman–Crippen LogP) is 2.79. The molecule has 21 heavy (non-hydrogen) atoms. The van der Waals surface area contributed by atoms with E-state index in [9.17, 15) is 5.26 Å². The molecule has 0 spiro atoms. The molecule has 4 heteroatoms. The number of hydrogen-bond donors (Lipinski definition) is 0. The number of nitriles is 1. The van der Waals surface area contributed by atoms with Crippen LogP contribution in [-0.2, 0) is 12.0 Å². The van der Waals surface area contributed by atoms with Crippen LogP contribution in [-0.4, -0.2) is 14.5 Å². The molecule has 0 fully saturated rings. The fraction of sp³-hybridized carbons (Fsp3) is 0.118. The maximum absolute atomic E-state index is 9.98. The Balaban J connectivity index is 2.16. The molecule has 0 aliphatic rings. The highest BCUT2D eigenvalue weighted by atomic mass is 15.0. The third kappa shape index (κ3) is 2.41. The van der Waals surface area contributed by atoms with E-state index in [1.54, 1.807) is 24.9 Å². The van der Waals surface area contributed by atoms with Gasteiger partial charge in [0.1, 0.15) is 5.41 Å². The second-order valence-corrected chi connectivity index (χ2v) is 4.85. The fourth-order valence-corrected chi connectivity index (χ4v) is 2.53. The molecule has 0 N–H and O–H groups in total. The van der Waals surface area contributed by atoms with Crippen molar-refractivity contribution in [2.24, 2.45) is 0 Å². The van der Waals surface area contributed by atoms with Crippen LogP contribution in [0.15, 0.2) is 73.6 Å². The topological polar surface area (TPSA) is 54.5 Å². The standard InChI is InChI=1S/C17H14N4/c18-12-17(13-21-11-10-20-14-21,15-4-2-1-3-5-15)16-6-8-19-9-7-16/h1-11,14H,13H2. The molecule has 0 bridgehead atoms. The highest BCUT2D eigenvalue weighted by Crippen LogP contribution is 2.33. The Hall–Kier alpha value is -2.93. The van der Waals surface area contributed by atoms with Crippen molar-refractivity contribution in [3.8, 4) is 6.07 Å². The first-order valence-corrected chi connectivity index (χ1v) is 6.68. The first-order valence-electron chi connectivity index (χ1n) is 6.68. The molecule has 1 unspecified atom stereocenters. The van der Waals surface area contributed by atoms with E-state index < -0.39 is 5.41 Å². The third-order valence-corrected chi connectivity index (χ3v) is 3.61. The summed E-state index contributed by atoms with van der Waals surface area (Å²) in [5, 5.41) is 9.98. The lowest BCUT2D eigenvalue weighted by molar-refractivity contribution is 0.528. The van der Waals surface area contributed by atoms with Crippen molar-refractivity contribution in [3.63, 3.8) is 0 Å². The van der Waals surface area contributed by atoms with Crippen molar-refractivity contribution in [2.75, 3.05) is 0 Å². The van der Waals surface area contributed by atoms with Gasteiger partial charge in [0.25, 0.3) is 0 Å². The minimum Gasteiger partial charge on any atom is -0.335 e. The van der Waals surface area contributed by atoms with E-state index in [4.69, 9.17) is 0 Å². The number of pyridine rings is 1. The molecule has 0 amide bonds. The molecule has 2 heterocycles. The molecule has 102 valence electrons. The van der Waals surface area contributed by atoms with Gasteiger partial charge in [-0.25, -0.2) is 4.98 Å². The van der Waals surface area contributed by atoms with E-state index >= 15 is 0 Å². The molecule has 1 aromatic carbocycles. The van der Waals surface area contributed by atoms with E-state index in [0.29, 0.717) is 6.54 Å². The summed E-state index contributed by atoms with van der Waals surface area (Å²) in [6.07, 6.45) is 8.77. The van der Waals surface area contributed by atoms with Crippen LogP contribution < -0.4 is 0 Å². The van der Waals surface area contributed by atoms with Crippen LogP contribution in [0.3, 0.4) is 0 Å². The Kier molecular flexibility index (Phi) is 3.48. The van der Waals surface area contributed by atoms with Crippen molar-refractivity contribution < 1.29 is 0 Å².